The fraction of sp³-hybridized carbons (Fsp3) is 0.800. The van der Waals surface area contributed by atoms with Crippen LogP contribution in [0.4, 0.5) is 0 Å². The molecule has 1 unspecified atom stereocenters. The number of imidazole rings is 1. The van der Waals surface area contributed by atoms with Gasteiger partial charge in [-0.25, -0.2) is 4.98 Å². The molecule has 5 heteroatoms. The van der Waals surface area contributed by atoms with Crippen LogP contribution in [0.5, 0.6) is 0 Å². The van der Waals surface area contributed by atoms with Crippen LogP contribution in [0, 0.1) is 5.92 Å². The Morgan fingerprint density at radius 2 is 2.25 bits per heavy atom. The minimum absolute atomic E-state index is 0.126. The van der Waals surface area contributed by atoms with E-state index in [-0.39, 0.29) is 6.10 Å². The van der Waals surface area contributed by atoms with Gasteiger partial charge in [0.15, 0.2) is 0 Å². The van der Waals surface area contributed by atoms with Crippen LogP contribution in [0.25, 0.3) is 0 Å². The fourth-order valence-electron chi connectivity index (χ4n) is 3.21. The molecule has 0 bridgehead atoms. The Balaban J connectivity index is 1.59. The Morgan fingerprint density at radius 1 is 1.35 bits per heavy atom. The van der Waals surface area contributed by atoms with Crippen LogP contribution in [0.2, 0.25) is 0 Å². The maximum Gasteiger partial charge on any atom is 0.137 e. The molecule has 1 aromatic rings. The Morgan fingerprint density at radius 3 is 3.00 bits per heavy atom. The van der Waals surface area contributed by atoms with E-state index in [1.54, 1.807) is 0 Å². The van der Waals surface area contributed by atoms with Crippen LogP contribution >= 0.6 is 0 Å². The first-order valence-corrected chi connectivity index (χ1v) is 7.74. The van der Waals surface area contributed by atoms with Crippen molar-refractivity contribution >= 4 is 0 Å². The number of nitrogens with zero attached hydrogens (tertiary/aromatic N) is 2. The average Bonchev–Trinajstić information content (AvgIpc) is 2.92. The van der Waals surface area contributed by atoms with Crippen LogP contribution in [-0.4, -0.2) is 42.0 Å². The third-order valence-electron chi connectivity index (χ3n) is 4.39. The van der Waals surface area contributed by atoms with E-state index >= 15 is 0 Å². The van der Waals surface area contributed by atoms with E-state index in [0.29, 0.717) is 12.0 Å². The molecule has 5 nitrogen and oxygen atoms in total. The maximum atomic E-state index is 6.00. The fourth-order valence-corrected chi connectivity index (χ4v) is 3.21. The number of ether oxygens (including phenoxy) is 2. The molecule has 0 aromatic carbocycles. The highest BCUT2D eigenvalue weighted by Gasteiger charge is 2.30. The minimum atomic E-state index is 0.126. The molecule has 3 rings (SSSR count). The summed E-state index contributed by atoms with van der Waals surface area (Å²) in [5.74, 6) is 1.56. The minimum Gasteiger partial charge on any atom is -0.380 e. The molecule has 2 saturated heterocycles. The van der Waals surface area contributed by atoms with Gasteiger partial charge in [-0.15, -0.1) is 0 Å². The van der Waals surface area contributed by atoms with Crippen molar-refractivity contribution in [3.63, 3.8) is 0 Å². The summed E-state index contributed by atoms with van der Waals surface area (Å²) in [5, 5.41) is 3.66. The van der Waals surface area contributed by atoms with Gasteiger partial charge in [-0.1, -0.05) is 0 Å². The van der Waals surface area contributed by atoms with Crippen molar-refractivity contribution < 1.29 is 9.47 Å². The van der Waals surface area contributed by atoms with Gasteiger partial charge in [-0.05, 0) is 25.7 Å². The van der Waals surface area contributed by atoms with Crippen molar-refractivity contribution in [2.45, 2.75) is 37.8 Å². The Labute approximate surface area is 120 Å². The van der Waals surface area contributed by atoms with Crippen molar-refractivity contribution in [3.8, 4) is 0 Å². The largest absolute Gasteiger partial charge is 0.380 e. The normalized spacial score (nSPS) is 31.4. The molecule has 3 atom stereocenters. The lowest BCUT2D eigenvalue weighted by Crippen LogP contribution is -2.42. The van der Waals surface area contributed by atoms with Crippen LogP contribution in [0.3, 0.4) is 0 Å². The summed E-state index contributed by atoms with van der Waals surface area (Å²) in [6.45, 7) is 3.60. The van der Waals surface area contributed by atoms with E-state index in [4.69, 9.17) is 9.47 Å². The van der Waals surface area contributed by atoms with Crippen LogP contribution < -0.4 is 5.32 Å². The van der Waals surface area contributed by atoms with E-state index in [9.17, 15) is 0 Å². The molecule has 1 aromatic heterocycles. The molecule has 0 amide bonds. The zero-order valence-corrected chi connectivity index (χ0v) is 12.3. The molecule has 1 N–H and O–H groups in total. The van der Waals surface area contributed by atoms with Crippen LogP contribution in [-0.2, 0) is 16.5 Å². The second-order valence-electron chi connectivity index (χ2n) is 5.91. The smallest absolute Gasteiger partial charge is 0.137 e. The molecule has 0 saturated carbocycles. The molecular weight excluding hydrogens is 254 g/mol. The van der Waals surface area contributed by atoms with E-state index in [1.807, 2.05) is 19.4 Å². The summed E-state index contributed by atoms with van der Waals surface area (Å²) in [6, 6.07) is 0.507. The van der Waals surface area contributed by atoms with Crippen molar-refractivity contribution in [3.05, 3.63) is 18.2 Å². The standard InChI is InChI=1S/C15H25N3O2/c1-18-7-6-16-15(18)14-12(4-2-9-20-14)10-17-13-5-3-8-19-11-13/h6-7,12-14,17H,2-5,8-11H2,1H3/t12-,13?,14+/m0/s1. The van der Waals surface area contributed by atoms with Crippen molar-refractivity contribution in [2.24, 2.45) is 13.0 Å². The van der Waals surface area contributed by atoms with E-state index < -0.39 is 0 Å². The van der Waals surface area contributed by atoms with Gasteiger partial charge in [-0.2, -0.15) is 0 Å². The van der Waals surface area contributed by atoms with Crippen molar-refractivity contribution in [1.29, 1.82) is 0 Å². The van der Waals surface area contributed by atoms with E-state index in [0.717, 1.165) is 38.6 Å². The highest BCUT2D eigenvalue weighted by atomic mass is 16.5. The topological polar surface area (TPSA) is 48.3 Å². The Hall–Kier alpha value is -0.910. The summed E-state index contributed by atoms with van der Waals surface area (Å²) in [6.07, 6.45) is 8.72. The molecule has 20 heavy (non-hydrogen) atoms. The quantitative estimate of drug-likeness (QED) is 0.910. The molecular formula is C15H25N3O2. The summed E-state index contributed by atoms with van der Waals surface area (Å²) >= 11 is 0. The van der Waals surface area contributed by atoms with E-state index in [2.05, 4.69) is 14.9 Å². The van der Waals surface area contributed by atoms with Crippen LogP contribution in [0.15, 0.2) is 12.4 Å². The summed E-state index contributed by atoms with van der Waals surface area (Å²) in [4.78, 5) is 4.47. The number of aryl methyl sites for hydroxylation is 1. The predicted octanol–water partition coefficient (Wildman–Crippen LogP) is 1.66. The molecule has 112 valence electrons. The Kier molecular flexibility index (Phi) is 4.70. The predicted molar refractivity (Wildman–Crippen MR) is 76.5 cm³/mol. The zero-order valence-electron chi connectivity index (χ0n) is 12.3. The SMILES string of the molecule is Cn1ccnc1[C@@H]1OCCC[C@H]1CNC1CCCOC1. The lowest BCUT2D eigenvalue weighted by Gasteiger charge is -2.33. The van der Waals surface area contributed by atoms with Crippen LogP contribution in [0.1, 0.15) is 37.6 Å². The first kappa shape index (κ1) is 14.0. The third-order valence-corrected chi connectivity index (χ3v) is 4.39. The summed E-state index contributed by atoms with van der Waals surface area (Å²) in [5.41, 5.74) is 0. The lowest BCUT2D eigenvalue weighted by molar-refractivity contribution is -0.0368. The molecule has 0 spiro atoms. The third kappa shape index (κ3) is 3.22. The van der Waals surface area contributed by atoms with Gasteiger partial charge in [-0.3, -0.25) is 0 Å². The molecule has 2 aliphatic rings. The van der Waals surface area contributed by atoms with Crippen molar-refractivity contribution in [1.82, 2.24) is 14.9 Å². The average molecular weight is 279 g/mol. The number of aromatic nitrogens is 2. The monoisotopic (exact) mass is 279 g/mol. The van der Waals surface area contributed by atoms with Crippen molar-refractivity contribution in [2.75, 3.05) is 26.4 Å². The molecule has 3 heterocycles. The van der Waals surface area contributed by atoms with E-state index in [1.165, 1.54) is 19.3 Å². The van der Waals surface area contributed by atoms with Gasteiger partial charge >= 0.3 is 0 Å². The zero-order chi connectivity index (χ0) is 13.8. The highest BCUT2D eigenvalue weighted by molar-refractivity contribution is 5.00. The summed E-state index contributed by atoms with van der Waals surface area (Å²) < 4.78 is 13.6. The van der Waals surface area contributed by atoms with Gasteiger partial charge in [0.25, 0.3) is 0 Å². The number of rotatable bonds is 4. The summed E-state index contributed by atoms with van der Waals surface area (Å²) in [7, 11) is 2.04. The Bertz CT molecular complexity index is 415. The van der Waals surface area contributed by atoms with Gasteiger partial charge in [0, 0.05) is 51.2 Å². The number of hydrogen-bond acceptors (Lipinski definition) is 4. The molecule has 2 fully saturated rings. The second-order valence-corrected chi connectivity index (χ2v) is 5.91. The first-order valence-electron chi connectivity index (χ1n) is 7.74. The lowest BCUT2D eigenvalue weighted by atomic mass is 9.93. The first-order chi connectivity index (χ1) is 9.84. The highest BCUT2D eigenvalue weighted by Crippen LogP contribution is 2.32. The second kappa shape index (κ2) is 6.70. The van der Waals surface area contributed by atoms with Gasteiger partial charge < -0.3 is 19.4 Å². The molecule has 0 radical (unpaired) electrons. The van der Waals surface area contributed by atoms with Gasteiger partial charge in [0.2, 0.25) is 0 Å². The number of nitrogens with one attached hydrogen (secondary N) is 1. The molecule has 0 aliphatic carbocycles. The maximum absolute atomic E-state index is 6.00. The number of hydrogen-bond donors (Lipinski definition) is 1. The van der Waals surface area contributed by atoms with Gasteiger partial charge in [0.05, 0.1) is 6.61 Å². The van der Waals surface area contributed by atoms with Gasteiger partial charge in [0.1, 0.15) is 11.9 Å². The molecule has 2 aliphatic heterocycles.